The summed E-state index contributed by atoms with van der Waals surface area (Å²) in [5.74, 6) is -1.79. The zero-order valence-electron chi connectivity index (χ0n) is 14.8. The Morgan fingerprint density at radius 1 is 1.00 bits per heavy atom. The number of para-hydroxylation sites is 1. The van der Waals surface area contributed by atoms with Gasteiger partial charge in [0.05, 0.1) is 11.4 Å². The van der Waals surface area contributed by atoms with E-state index in [0.29, 0.717) is 33.6 Å². The van der Waals surface area contributed by atoms with Crippen LogP contribution in [0, 0.1) is 5.92 Å². The topological polar surface area (TPSA) is 58.2 Å². The standard InChI is InChI=1S/C19H19F3N2O2S/c1-12(2)17(25)23-14-9-7-13(8-10-14)18(26)24-15-5-3-4-6-16(15)27-11-19(20,21)22/h3-10,12H,11H2,1-2H3,(H,23,25)(H,24,26). The highest BCUT2D eigenvalue weighted by Crippen LogP contribution is 2.32. The SMILES string of the molecule is CC(C)C(=O)Nc1ccc(C(=O)Nc2ccccc2SCC(F)(F)F)cc1. The fourth-order valence-electron chi connectivity index (χ4n) is 2.04. The van der Waals surface area contributed by atoms with Crippen molar-refractivity contribution in [2.75, 3.05) is 16.4 Å². The van der Waals surface area contributed by atoms with Gasteiger partial charge in [0.2, 0.25) is 5.91 Å². The van der Waals surface area contributed by atoms with E-state index in [9.17, 15) is 22.8 Å². The molecule has 0 radical (unpaired) electrons. The molecule has 8 heteroatoms. The fraction of sp³-hybridized carbons (Fsp3) is 0.263. The van der Waals surface area contributed by atoms with E-state index in [1.807, 2.05) is 0 Å². The van der Waals surface area contributed by atoms with E-state index in [2.05, 4.69) is 10.6 Å². The molecule has 0 aromatic heterocycles. The van der Waals surface area contributed by atoms with Gasteiger partial charge in [-0.2, -0.15) is 13.2 Å². The number of thioether (sulfide) groups is 1. The summed E-state index contributed by atoms with van der Waals surface area (Å²) in [5.41, 5.74) is 1.20. The number of carbonyl (C=O) groups is 2. The summed E-state index contributed by atoms with van der Waals surface area (Å²) in [6.45, 7) is 3.54. The van der Waals surface area contributed by atoms with Crippen LogP contribution in [-0.2, 0) is 4.79 Å². The molecular weight excluding hydrogens is 377 g/mol. The lowest BCUT2D eigenvalue weighted by molar-refractivity contribution is -0.118. The lowest BCUT2D eigenvalue weighted by atomic mass is 10.1. The third kappa shape index (κ3) is 6.63. The van der Waals surface area contributed by atoms with E-state index in [0.717, 1.165) is 0 Å². The molecule has 0 unspecified atom stereocenters. The number of halogens is 3. The second kappa shape index (κ2) is 8.94. The van der Waals surface area contributed by atoms with Crippen LogP contribution in [0.15, 0.2) is 53.4 Å². The molecule has 0 aliphatic rings. The molecule has 4 nitrogen and oxygen atoms in total. The maximum Gasteiger partial charge on any atom is 0.398 e. The lowest BCUT2D eigenvalue weighted by Gasteiger charge is -2.12. The Bertz CT molecular complexity index is 805. The summed E-state index contributed by atoms with van der Waals surface area (Å²) in [7, 11) is 0. The molecule has 2 amide bonds. The zero-order chi connectivity index (χ0) is 20.0. The van der Waals surface area contributed by atoms with Gasteiger partial charge in [-0.05, 0) is 36.4 Å². The lowest BCUT2D eigenvalue weighted by Crippen LogP contribution is -2.18. The molecule has 0 saturated carbocycles. The maximum absolute atomic E-state index is 12.4. The summed E-state index contributed by atoms with van der Waals surface area (Å²) in [6, 6.07) is 12.6. The van der Waals surface area contributed by atoms with Crippen LogP contribution < -0.4 is 10.6 Å². The van der Waals surface area contributed by atoms with E-state index in [-0.39, 0.29) is 11.8 Å². The van der Waals surface area contributed by atoms with E-state index in [1.54, 1.807) is 44.2 Å². The first-order chi connectivity index (χ1) is 12.7. The molecular formula is C19H19F3N2O2S. The van der Waals surface area contributed by atoms with Crippen LogP contribution in [0.1, 0.15) is 24.2 Å². The molecule has 2 rings (SSSR count). The Morgan fingerprint density at radius 3 is 2.22 bits per heavy atom. The van der Waals surface area contributed by atoms with Crippen molar-refractivity contribution in [2.45, 2.75) is 24.9 Å². The van der Waals surface area contributed by atoms with E-state index < -0.39 is 17.8 Å². The molecule has 0 aliphatic heterocycles. The summed E-state index contributed by atoms with van der Waals surface area (Å²) in [6.07, 6.45) is -4.29. The number of rotatable bonds is 6. The minimum absolute atomic E-state index is 0.136. The predicted octanol–water partition coefficient (Wildman–Crippen LogP) is 5.19. The molecule has 2 N–H and O–H groups in total. The van der Waals surface area contributed by atoms with Crippen molar-refractivity contribution in [1.29, 1.82) is 0 Å². The number of nitrogens with one attached hydrogen (secondary N) is 2. The highest BCUT2D eigenvalue weighted by Gasteiger charge is 2.27. The zero-order valence-corrected chi connectivity index (χ0v) is 15.6. The summed E-state index contributed by atoms with van der Waals surface area (Å²) in [4.78, 5) is 24.4. The van der Waals surface area contributed by atoms with Crippen LogP contribution in [0.2, 0.25) is 0 Å². The molecule has 2 aromatic rings. The van der Waals surface area contributed by atoms with E-state index >= 15 is 0 Å². The van der Waals surface area contributed by atoms with Gasteiger partial charge in [0.15, 0.2) is 0 Å². The Balaban J connectivity index is 2.06. The van der Waals surface area contributed by atoms with Gasteiger partial charge in [0.1, 0.15) is 0 Å². The van der Waals surface area contributed by atoms with Gasteiger partial charge in [0.25, 0.3) is 5.91 Å². The second-order valence-corrected chi connectivity index (χ2v) is 7.09. The van der Waals surface area contributed by atoms with Crippen molar-refractivity contribution in [3.8, 4) is 0 Å². The van der Waals surface area contributed by atoms with Gasteiger partial charge in [0, 0.05) is 22.1 Å². The highest BCUT2D eigenvalue weighted by atomic mass is 32.2. The molecule has 0 saturated heterocycles. The molecule has 0 spiro atoms. The van der Waals surface area contributed by atoms with Gasteiger partial charge in [-0.1, -0.05) is 26.0 Å². The van der Waals surface area contributed by atoms with Crippen molar-refractivity contribution >= 4 is 35.0 Å². The second-order valence-electron chi connectivity index (χ2n) is 6.08. The van der Waals surface area contributed by atoms with Crippen LogP contribution in [0.5, 0.6) is 0 Å². The van der Waals surface area contributed by atoms with Gasteiger partial charge < -0.3 is 10.6 Å². The van der Waals surface area contributed by atoms with Gasteiger partial charge in [-0.3, -0.25) is 9.59 Å². The molecule has 2 aromatic carbocycles. The Labute approximate surface area is 159 Å². The van der Waals surface area contributed by atoms with Crippen LogP contribution in [0.25, 0.3) is 0 Å². The quantitative estimate of drug-likeness (QED) is 0.661. The first kappa shape index (κ1) is 20.8. The smallest absolute Gasteiger partial charge is 0.326 e. The summed E-state index contributed by atoms with van der Waals surface area (Å²) < 4.78 is 37.3. The average molecular weight is 396 g/mol. The number of benzene rings is 2. The number of amides is 2. The number of carbonyl (C=O) groups excluding carboxylic acids is 2. The third-order valence-electron chi connectivity index (χ3n) is 3.47. The van der Waals surface area contributed by atoms with Crippen LogP contribution in [-0.4, -0.2) is 23.7 Å². The van der Waals surface area contributed by atoms with Crippen LogP contribution >= 0.6 is 11.8 Å². The Kier molecular flexibility index (Phi) is 6.90. The van der Waals surface area contributed by atoms with Crippen LogP contribution in [0.3, 0.4) is 0 Å². The average Bonchev–Trinajstić information content (AvgIpc) is 2.60. The van der Waals surface area contributed by atoms with E-state index in [4.69, 9.17) is 0 Å². The van der Waals surface area contributed by atoms with Crippen LogP contribution in [0.4, 0.5) is 24.5 Å². The number of anilines is 2. The molecule has 144 valence electrons. The number of alkyl halides is 3. The minimum Gasteiger partial charge on any atom is -0.326 e. The molecule has 0 aliphatic carbocycles. The summed E-state index contributed by atoms with van der Waals surface area (Å²) >= 11 is 0.616. The molecule has 0 atom stereocenters. The number of hydrogen-bond donors (Lipinski definition) is 2. The van der Waals surface area contributed by atoms with E-state index in [1.165, 1.54) is 18.2 Å². The summed E-state index contributed by atoms with van der Waals surface area (Å²) in [5, 5.41) is 5.34. The Hall–Kier alpha value is -2.48. The highest BCUT2D eigenvalue weighted by molar-refractivity contribution is 7.99. The fourth-order valence-corrected chi connectivity index (χ4v) is 2.81. The minimum atomic E-state index is -4.29. The molecule has 0 bridgehead atoms. The van der Waals surface area contributed by atoms with Gasteiger partial charge in [-0.15, -0.1) is 11.8 Å². The van der Waals surface area contributed by atoms with Crippen molar-refractivity contribution in [2.24, 2.45) is 5.92 Å². The third-order valence-corrected chi connectivity index (χ3v) is 4.60. The monoisotopic (exact) mass is 396 g/mol. The van der Waals surface area contributed by atoms with Crippen molar-refractivity contribution < 1.29 is 22.8 Å². The predicted molar refractivity (Wildman–Crippen MR) is 101 cm³/mol. The van der Waals surface area contributed by atoms with Gasteiger partial charge >= 0.3 is 6.18 Å². The number of hydrogen-bond acceptors (Lipinski definition) is 3. The largest absolute Gasteiger partial charge is 0.398 e. The normalized spacial score (nSPS) is 11.3. The molecule has 0 heterocycles. The Morgan fingerprint density at radius 2 is 1.63 bits per heavy atom. The van der Waals surface area contributed by atoms with Crippen molar-refractivity contribution in [3.63, 3.8) is 0 Å². The van der Waals surface area contributed by atoms with Crippen molar-refractivity contribution in [3.05, 3.63) is 54.1 Å². The molecule has 27 heavy (non-hydrogen) atoms. The first-order valence-electron chi connectivity index (χ1n) is 8.16. The first-order valence-corrected chi connectivity index (χ1v) is 9.15. The van der Waals surface area contributed by atoms with Crippen molar-refractivity contribution in [1.82, 2.24) is 0 Å². The van der Waals surface area contributed by atoms with Gasteiger partial charge in [-0.25, -0.2) is 0 Å². The molecule has 0 fully saturated rings. The maximum atomic E-state index is 12.4.